The van der Waals surface area contributed by atoms with E-state index in [4.69, 9.17) is 4.74 Å². The van der Waals surface area contributed by atoms with E-state index in [-0.39, 0.29) is 10.8 Å². The summed E-state index contributed by atoms with van der Waals surface area (Å²) in [5, 5.41) is 12.9. The first-order valence-corrected chi connectivity index (χ1v) is 8.32. The number of nitrogens with zero attached hydrogens (tertiary/aromatic N) is 3. The summed E-state index contributed by atoms with van der Waals surface area (Å²) < 4.78 is 29.9. The number of anilines is 2. The molecule has 3 rings (SSSR count). The van der Waals surface area contributed by atoms with Gasteiger partial charge in [0.2, 0.25) is 5.88 Å². The number of hydrogen-bond acceptors (Lipinski definition) is 7. The number of rotatable bonds is 6. The number of pyridine rings is 1. The molecule has 136 valence electrons. The fourth-order valence-corrected chi connectivity index (χ4v) is 3.48. The lowest BCUT2D eigenvalue weighted by molar-refractivity contribution is 0.0701. The fraction of sp³-hybridized carbons (Fsp3) is 0.250. The summed E-state index contributed by atoms with van der Waals surface area (Å²) in [7, 11) is 0. The Balaban J connectivity index is 2.06. The normalized spacial score (nSPS) is 11.1. The molecule has 0 bridgehead atoms. The smallest absolute Gasteiger partial charge is 0.346 e. The Kier molecular flexibility index (Phi) is 4.94. The van der Waals surface area contributed by atoms with Crippen molar-refractivity contribution in [1.29, 1.82) is 0 Å². The van der Waals surface area contributed by atoms with Crippen LogP contribution in [0.15, 0.2) is 18.3 Å². The van der Waals surface area contributed by atoms with Gasteiger partial charge in [-0.15, -0.1) is 11.3 Å². The zero-order valence-corrected chi connectivity index (χ0v) is 14.6. The molecule has 10 heteroatoms. The average Bonchev–Trinajstić information content (AvgIpc) is 2.91. The van der Waals surface area contributed by atoms with Crippen LogP contribution in [0.25, 0.3) is 10.2 Å². The number of carboxylic acids is 1. The minimum Gasteiger partial charge on any atom is -0.477 e. The molecule has 0 radical (unpaired) electrons. The number of thiophene rings is 1. The lowest BCUT2D eigenvalue weighted by Crippen LogP contribution is -2.09. The highest BCUT2D eigenvalue weighted by atomic mass is 32.1. The molecule has 3 heterocycles. The van der Waals surface area contributed by atoms with Crippen LogP contribution in [0, 0.1) is 13.8 Å². The molecule has 0 saturated heterocycles. The van der Waals surface area contributed by atoms with E-state index in [0.717, 1.165) is 11.3 Å². The van der Waals surface area contributed by atoms with Crippen molar-refractivity contribution in [3.63, 3.8) is 0 Å². The van der Waals surface area contributed by atoms with Crippen LogP contribution in [-0.2, 0) is 0 Å². The highest BCUT2D eigenvalue weighted by Gasteiger charge is 2.20. The molecule has 3 aromatic heterocycles. The maximum Gasteiger partial charge on any atom is 0.346 e. The number of carbonyl (C=O) groups is 1. The number of carboxylic acid groups (broad SMARTS) is 1. The number of fused-ring (bicyclic) bond motifs is 1. The van der Waals surface area contributed by atoms with Crippen LogP contribution in [0.2, 0.25) is 0 Å². The predicted molar refractivity (Wildman–Crippen MR) is 92.9 cm³/mol. The molecule has 0 aliphatic rings. The second-order valence-corrected chi connectivity index (χ2v) is 6.34. The van der Waals surface area contributed by atoms with Crippen molar-refractivity contribution in [3.8, 4) is 5.88 Å². The number of aromatic carboxylic acids is 1. The Hall–Kier alpha value is -2.88. The van der Waals surface area contributed by atoms with Crippen LogP contribution >= 0.6 is 11.3 Å². The molecule has 0 aliphatic heterocycles. The molecule has 3 aromatic rings. The van der Waals surface area contributed by atoms with Gasteiger partial charge in [0.25, 0.3) is 6.43 Å². The fourth-order valence-electron chi connectivity index (χ4n) is 2.41. The van der Waals surface area contributed by atoms with Gasteiger partial charge in [0.15, 0.2) is 6.61 Å². The minimum atomic E-state index is -2.63. The monoisotopic (exact) mass is 380 g/mol. The molecule has 7 nitrogen and oxygen atoms in total. The highest BCUT2D eigenvalue weighted by molar-refractivity contribution is 7.20. The molecular formula is C16H14F2N4O3S. The molecule has 0 atom stereocenters. The van der Waals surface area contributed by atoms with Crippen molar-refractivity contribution < 1.29 is 23.4 Å². The van der Waals surface area contributed by atoms with E-state index in [1.54, 1.807) is 26.0 Å². The number of halogens is 2. The van der Waals surface area contributed by atoms with Crippen LogP contribution in [0.5, 0.6) is 5.88 Å². The second-order valence-electron chi connectivity index (χ2n) is 5.34. The van der Waals surface area contributed by atoms with Crippen molar-refractivity contribution in [2.24, 2.45) is 0 Å². The third-order valence-electron chi connectivity index (χ3n) is 3.47. The van der Waals surface area contributed by atoms with E-state index in [9.17, 15) is 18.7 Å². The van der Waals surface area contributed by atoms with Crippen molar-refractivity contribution in [1.82, 2.24) is 15.0 Å². The molecule has 26 heavy (non-hydrogen) atoms. The lowest BCUT2D eigenvalue weighted by Gasteiger charge is -2.12. The van der Waals surface area contributed by atoms with E-state index >= 15 is 0 Å². The van der Waals surface area contributed by atoms with Crippen LogP contribution in [-0.4, -0.2) is 39.1 Å². The van der Waals surface area contributed by atoms with Gasteiger partial charge in [0.05, 0.1) is 5.39 Å². The summed E-state index contributed by atoms with van der Waals surface area (Å²) in [4.78, 5) is 24.6. The molecule has 0 aliphatic carbocycles. The van der Waals surface area contributed by atoms with Crippen molar-refractivity contribution in [2.75, 3.05) is 11.9 Å². The average molecular weight is 380 g/mol. The summed E-state index contributed by atoms with van der Waals surface area (Å²) in [5.74, 6) is -0.235. The molecule has 0 saturated carbocycles. The van der Waals surface area contributed by atoms with Gasteiger partial charge in [0, 0.05) is 6.20 Å². The van der Waals surface area contributed by atoms with Crippen LogP contribution < -0.4 is 10.1 Å². The molecule has 0 amide bonds. The van der Waals surface area contributed by atoms with Gasteiger partial charge in [-0.05, 0) is 31.5 Å². The number of aromatic nitrogens is 3. The van der Waals surface area contributed by atoms with E-state index in [0.29, 0.717) is 33.1 Å². The van der Waals surface area contributed by atoms with Gasteiger partial charge in [0.1, 0.15) is 27.0 Å². The van der Waals surface area contributed by atoms with Gasteiger partial charge in [-0.1, -0.05) is 0 Å². The molecule has 0 aromatic carbocycles. The second kappa shape index (κ2) is 7.16. The van der Waals surface area contributed by atoms with Gasteiger partial charge in [-0.2, -0.15) is 0 Å². The van der Waals surface area contributed by atoms with Crippen LogP contribution in [0.4, 0.5) is 20.3 Å². The Morgan fingerprint density at radius 2 is 2.15 bits per heavy atom. The summed E-state index contributed by atoms with van der Waals surface area (Å²) in [6.45, 7) is 2.56. The van der Waals surface area contributed by atoms with Crippen LogP contribution in [0.1, 0.15) is 21.1 Å². The summed E-state index contributed by atoms with van der Waals surface area (Å²) in [5.41, 5.74) is 0.869. The Morgan fingerprint density at radius 3 is 2.85 bits per heavy atom. The van der Waals surface area contributed by atoms with Gasteiger partial charge in [-0.25, -0.2) is 28.5 Å². The summed E-state index contributed by atoms with van der Waals surface area (Å²) in [6.07, 6.45) is -1.21. The first-order valence-electron chi connectivity index (χ1n) is 7.51. The van der Waals surface area contributed by atoms with Gasteiger partial charge >= 0.3 is 5.97 Å². The first kappa shape index (κ1) is 17.9. The van der Waals surface area contributed by atoms with Crippen molar-refractivity contribution >= 4 is 39.0 Å². The summed E-state index contributed by atoms with van der Waals surface area (Å²) in [6, 6.07) is 3.23. The topological polar surface area (TPSA) is 97.2 Å². The first-order chi connectivity index (χ1) is 12.4. The van der Waals surface area contributed by atoms with Crippen molar-refractivity contribution in [2.45, 2.75) is 20.3 Å². The number of ether oxygens (including phenoxy) is 1. The molecule has 0 spiro atoms. The van der Waals surface area contributed by atoms with Gasteiger partial charge < -0.3 is 15.2 Å². The van der Waals surface area contributed by atoms with Crippen LogP contribution in [0.3, 0.4) is 0 Å². The summed E-state index contributed by atoms with van der Waals surface area (Å²) >= 11 is 1.05. The van der Waals surface area contributed by atoms with E-state index < -0.39 is 19.0 Å². The maximum absolute atomic E-state index is 12.4. The quantitative estimate of drug-likeness (QED) is 0.671. The third-order valence-corrected chi connectivity index (χ3v) is 4.64. The Bertz CT molecular complexity index is 978. The molecule has 0 fully saturated rings. The minimum absolute atomic E-state index is 0.00329. The molecule has 2 N–H and O–H groups in total. The standard InChI is InChI=1S/C16H14F2N4O3S/c1-7-11-13(20-8(2)21-15(11)26-12(7)16(23)24)22-9-4-3-5-19-14(9)25-6-10(17)18/h3-5,10H,6H2,1-2H3,(H,23,24)(H,20,21,22). The highest BCUT2D eigenvalue weighted by Crippen LogP contribution is 2.36. The number of hydrogen-bond donors (Lipinski definition) is 2. The molecule has 0 unspecified atom stereocenters. The lowest BCUT2D eigenvalue weighted by atomic mass is 10.2. The van der Waals surface area contributed by atoms with Crippen molar-refractivity contribution in [3.05, 3.63) is 34.6 Å². The SMILES string of the molecule is Cc1nc(Nc2cccnc2OCC(F)F)c2c(C)c(C(=O)O)sc2n1. The number of nitrogens with one attached hydrogen (secondary N) is 1. The Morgan fingerprint density at radius 1 is 1.38 bits per heavy atom. The molecular weight excluding hydrogens is 366 g/mol. The zero-order valence-electron chi connectivity index (χ0n) is 13.8. The number of alkyl halides is 2. The van der Waals surface area contributed by atoms with Gasteiger partial charge in [-0.3, -0.25) is 0 Å². The predicted octanol–water partition coefficient (Wildman–Crippen LogP) is 3.79. The Labute approximate surface area is 150 Å². The zero-order chi connectivity index (χ0) is 18.8. The third kappa shape index (κ3) is 3.54. The maximum atomic E-state index is 12.4. The largest absolute Gasteiger partial charge is 0.477 e. The number of aryl methyl sites for hydroxylation is 2. The van der Waals surface area contributed by atoms with E-state index in [1.165, 1.54) is 6.20 Å². The van der Waals surface area contributed by atoms with E-state index in [1.807, 2.05) is 0 Å². The van der Waals surface area contributed by atoms with E-state index in [2.05, 4.69) is 20.3 Å².